The largest absolute Gasteiger partial charge is 0.301 e. The average molecular weight is 283 g/mol. The number of nitro benzene ring substituents is 1. The summed E-state index contributed by atoms with van der Waals surface area (Å²) in [6.45, 7) is 0. The van der Waals surface area contributed by atoms with Crippen molar-refractivity contribution in [3.05, 3.63) is 28.3 Å². The lowest BCUT2D eigenvalue weighted by atomic mass is 10.3. The molecule has 0 unspecified atom stereocenters. The number of hydrogen-bond acceptors (Lipinski definition) is 6. The molecule has 17 heavy (non-hydrogen) atoms. The Balaban J connectivity index is 3.66. The van der Waals surface area contributed by atoms with Crippen LogP contribution in [0.5, 0.6) is 0 Å². The highest BCUT2D eigenvalue weighted by molar-refractivity contribution is 7.86. The van der Waals surface area contributed by atoms with Crippen molar-refractivity contribution in [3.8, 4) is 0 Å². The minimum atomic E-state index is -4.86. The summed E-state index contributed by atoms with van der Waals surface area (Å²) in [5.74, 6) is 0. The fourth-order valence-corrected chi connectivity index (χ4v) is 2.16. The van der Waals surface area contributed by atoms with E-state index >= 15 is 0 Å². The van der Waals surface area contributed by atoms with Crippen molar-refractivity contribution in [2.45, 2.75) is 9.79 Å². The zero-order valence-electron chi connectivity index (χ0n) is 7.84. The van der Waals surface area contributed by atoms with Gasteiger partial charge in [0.05, 0.1) is 4.92 Å². The zero-order chi connectivity index (χ0) is 13.4. The lowest BCUT2D eigenvalue weighted by molar-refractivity contribution is -0.388. The van der Waals surface area contributed by atoms with Crippen LogP contribution in [0.3, 0.4) is 0 Å². The SMILES string of the molecule is O=[N+]([O-])c1cc(S(=O)(=O)O)ccc1S(=O)(=O)O. The van der Waals surface area contributed by atoms with Crippen molar-refractivity contribution < 1.29 is 30.9 Å². The Hall–Kier alpha value is -1.56. The van der Waals surface area contributed by atoms with Gasteiger partial charge in [0.15, 0.2) is 4.90 Å². The highest BCUT2D eigenvalue weighted by atomic mass is 32.2. The Morgan fingerprint density at radius 1 is 1.06 bits per heavy atom. The monoisotopic (exact) mass is 283 g/mol. The van der Waals surface area contributed by atoms with E-state index in [-0.39, 0.29) is 0 Å². The predicted molar refractivity (Wildman–Crippen MR) is 52.7 cm³/mol. The van der Waals surface area contributed by atoms with Crippen molar-refractivity contribution >= 4 is 25.9 Å². The van der Waals surface area contributed by atoms with Crippen LogP contribution in [-0.2, 0) is 20.2 Å². The summed E-state index contributed by atoms with van der Waals surface area (Å²) in [6.07, 6.45) is 0. The summed E-state index contributed by atoms with van der Waals surface area (Å²) < 4.78 is 60.2. The van der Waals surface area contributed by atoms with Gasteiger partial charge < -0.3 is 0 Å². The molecule has 0 fully saturated rings. The zero-order valence-corrected chi connectivity index (χ0v) is 9.47. The van der Waals surface area contributed by atoms with Crippen LogP contribution < -0.4 is 0 Å². The third-order valence-electron chi connectivity index (χ3n) is 1.70. The summed E-state index contributed by atoms with van der Waals surface area (Å²) >= 11 is 0. The number of nitrogens with zero attached hydrogens (tertiary/aromatic N) is 1. The Morgan fingerprint density at radius 2 is 1.59 bits per heavy atom. The highest BCUT2D eigenvalue weighted by Crippen LogP contribution is 2.26. The van der Waals surface area contributed by atoms with E-state index in [1.54, 1.807) is 0 Å². The van der Waals surface area contributed by atoms with Crippen LogP contribution in [0.1, 0.15) is 0 Å². The molecular weight excluding hydrogens is 278 g/mol. The molecule has 1 aromatic carbocycles. The van der Waals surface area contributed by atoms with Crippen LogP contribution in [0.2, 0.25) is 0 Å². The summed E-state index contributed by atoms with van der Waals surface area (Å²) in [7, 11) is -9.56. The molecule has 94 valence electrons. The van der Waals surface area contributed by atoms with Gasteiger partial charge in [-0.3, -0.25) is 19.2 Å². The van der Waals surface area contributed by atoms with Crippen molar-refractivity contribution in [2.75, 3.05) is 0 Å². The highest BCUT2D eigenvalue weighted by Gasteiger charge is 2.26. The Morgan fingerprint density at radius 3 is 1.94 bits per heavy atom. The fraction of sp³-hybridized carbons (Fsp3) is 0. The van der Waals surface area contributed by atoms with Gasteiger partial charge in [-0.25, -0.2) is 0 Å². The molecule has 11 heteroatoms. The summed E-state index contributed by atoms with van der Waals surface area (Å²) in [4.78, 5) is 7.39. The minimum absolute atomic E-state index is 0.332. The van der Waals surface area contributed by atoms with Gasteiger partial charge in [0.1, 0.15) is 4.90 Å². The van der Waals surface area contributed by atoms with Crippen LogP contribution in [0.4, 0.5) is 5.69 Å². The van der Waals surface area contributed by atoms with Gasteiger partial charge in [-0.05, 0) is 12.1 Å². The second kappa shape index (κ2) is 4.03. The number of rotatable bonds is 3. The van der Waals surface area contributed by atoms with Crippen LogP contribution in [-0.4, -0.2) is 30.9 Å². The normalized spacial score (nSPS) is 12.4. The maximum Gasteiger partial charge on any atom is 0.301 e. The Bertz CT molecular complexity index is 674. The van der Waals surface area contributed by atoms with Gasteiger partial charge in [0.25, 0.3) is 15.8 Å². The van der Waals surface area contributed by atoms with E-state index in [1.807, 2.05) is 0 Å². The van der Waals surface area contributed by atoms with Crippen LogP contribution in [0.15, 0.2) is 28.0 Å². The van der Waals surface area contributed by atoms with Crippen molar-refractivity contribution in [3.63, 3.8) is 0 Å². The quantitative estimate of drug-likeness (QED) is 0.449. The molecule has 0 spiro atoms. The first-order valence-electron chi connectivity index (χ1n) is 3.77. The van der Waals surface area contributed by atoms with E-state index in [9.17, 15) is 26.9 Å². The molecule has 0 saturated carbocycles. The minimum Gasteiger partial charge on any atom is -0.282 e. The first-order valence-corrected chi connectivity index (χ1v) is 6.65. The van der Waals surface area contributed by atoms with Gasteiger partial charge in [-0.2, -0.15) is 16.8 Å². The molecule has 0 heterocycles. The maximum atomic E-state index is 10.8. The summed E-state index contributed by atoms with van der Waals surface area (Å²) in [5.41, 5.74) is -1.15. The molecule has 0 amide bonds. The van der Waals surface area contributed by atoms with E-state index < -0.39 is 40.6 Å². The topological polar surface area (TPSA) is 152 Å². The van der Waals surface area contributed by atoms with Crippen molar-refractivity contribution in [2.24, 2.45) is 0 Å². The van der Waals surface area contributed by atoms with Gasteiger partial charge in [-0.15, -0.1) is 0 Å². The molecule has 1 rings (SSSR count). The van der Waals surface area contributed by atoms with E-state index in [0.717, 1.165) is 0 Å². The Labute approximate surface area is 95.3 Å². The van der Waals surface area contributed by atoms with Crippen LogP contribution in [0.25, 0.3) is 0 Å². The average Bonchev–Trinajstić information content (AvgIpc) is 2.14. The van der Waals surface area contributed by atoms with Gasteiger partial charge >= 0.3 is 10.1 Å². The molecule has 0 atom stereocenters. The van der Waals surface area contributed by atoms with E-state index in [0.29, 0.717) is 18.2 Å². The smallest absolute Gasteiger partial charge is 0.282 e. The van der Waals surface area contributed by atoms with E-state index in [4.69, 9.17) is 9.11 Å². The fourth-order valence-electron chi connectivity index (χ4n) is 1.02. The van der Waals surface area contributed by atoms with Crippen molar-refractivity contribution in [1.29, 1.82) is 0 Å². The molecule has 1 aromatic rings. The molecule has 0 aliphatic heterocycles. The van der Waals surface area contributed by atoms with E-state index in [1.165, 1.54) is 0 Å². The third-order valence-corrected chi connectivity index (χ3v) is 3.45. The predicted octanol–water partition coefficient (Wildman–Crippen LogP) is 0.0882. The van der Waals surface area contributed by atoms with Crippen LogP contribution >= 0.6 is 0 Å². The number of benzene rings is 1. The first-order chi connectivity index (χ1) is 7.53. The molecule has 0 saturated heterocycles. The van der Waals surface area contributed by atoms with Gasteiger partial charge in [0, 0.05) is 6.07 Å². The molecule has 0 aliphatic carbocycles. The molecule has 0 bridgehead atoms. The van der Waals surface area contributed by atoms with Crippen LogP contribution in [0, 0.1) is 10.1 Å². The molecular formula is C6H5NO8S2. The molecule has 2 N–H and O–H groups in total. The molecule has 0 aromatic heterocycles. The van der Waals surface area contributed by atoms with Crippen molar-refractivity contribution in [1.82, 2.24) is 0 Å². The summed E-state index contributed by atoms with van der Waals surface area (Å²) in [5, 5.41) is 10.5. The molecule has 0 aliphatic rings. The molecule has 0 radical (unpaired) electrons. The second-order valence-corrected chi connectivity index (χ2v) is 5.65. The summed E-state index contributed by atoms with van der Waals surface area (Å²) in [6, 6.07) is 1.46. The standard InChI is InChI=1S/C6H5NO8S2/c8-7(9)5-3-4(16(10,11)12)1-2-6(5)17(13,14)15/h1-3H,(H,10,11,12)(H,13,14,15). The lowest BCUT2D eigenvalue weighted by Gasteiger charge is -2.01. The lowest BCUT2D eigenvalue weighted by Crippen LogP contribution is -2.06. The van der Waals surface area contributed by atoms with Gasteiger partial charge in [0.2, 0.25) is 0 Å². The van der Waals surface area contributed by atoms with E-state index in [2.05, 4.69) is 0 Å². The number of nitro groups is 1. The second-order valence-electron chi connectivity index (χ2n) is 2.84. The first kappa shape index (κ1) is 13.5. The maximum absolute atomic E-state index is 10.8. The van der Waals surface area contributed by atoms with Gasteiger partial charge in [-0.1, -0.05) is 0 Å². The Kier molecular flexibility index (Phi) is 3.20. The third kappa shape index (κ3) is 2.97. The number of hydrogen-bond donors (Lipinski definition) is 2. The molecule has 9 nitrogen and oxygen atoms in total.